The maximum absolute atomic E-state index is 14.6. The minimum absolute atomic E-state index is 0.281. The van der Waals surface area contributed by atoms with Gasteiger partial charge in [0, 0.05) is 52.9 Å². The third kappa shape index (κ3) is 3.97. The molecule has 5 rings (SSSR count). The third-order valence-corrected chi connectivity index (χ3v) is 9.61. The van der Waals surface area contributed by atoms with Gasteiger partial charge in [-0.05, 0) is 51.0 Å². The summed E-state index contributed by atoms with van der Waals surface area (Å²) >= 11 is 6.34. The lowest BCUT2D eigenvalue weighted by molar-refractivity contribution is 0.440. The number of nitrogens with zero attached hydrogens (tertiary/aromatic N) is 4. The van der Waals surface area contributed by atoms with Gasteiger partial charge in [0.05, 0.1) is 17.9 Å². The van der Waals surface area contributed by atoms with E-state index in [-0.39, 0.29) is 17.3 Å². The number of hydrogen-bond donors (Lipinski definition) is 0. The van der Waals surface area contributed by atoms with Gasteiger partial charge in [-0.2, -0.15) is 9.40 Å². The summed E-state index contributed by atoms with van der Waals surface area (Å²) in [5.41, 5.74) is 5.74. The average Bonchev–Trinajstić information content (AvgIpc) is 3.27. The van der Waals surface area contributed by atoms with Crippen LogP contribution in [0.15, 0.2) is 53.4 Å². The Morgan fingerprint density at radius 2 is 1.81 bits per heavy atom. The van der Waals surface area contributed by atoms with Crippen LogP contribution >= 0.6 is 11.6 Å². The van der Waals surface area contributed by atoms with Crippen molar-refractivity contribution in [2.24, 2.45) is 7.05 Å². The molecule has 0 aliphatic carbocycles. The number of benzene rings is 2. The van der Waals surface area contributed by atoms with Crippen LogP contribution in [0.2, 0.25) is 5.02 Å². The number of hydrogen-bond acceptors (Lipinski definition) is 3. The molecule has 36 heavy (non-hydrogen) atoms. The van der Waals surface area contributed by atoms with Crippen molar-refractivity contribution in [2.45, 2.75) is 38.6 Å². The number of aryl methyl sites for hydroxylation is 2. The van der Waals surface area contributed by atoms with Crippen LogP contribution in [0.5, 0.6) is 0 Å². The van der Waals surface area contributed by atoms with E-state index in [2.05, 4.69) is 15.7 Å². The zero-order valence-corrected chi connectivity index (χ0v) is 22.3. The second-order valence-corrected chi connectivity index (χ2v) is 11.5. The number of fused-ring (bicyclic) bond motifs is 1. The predicted octanol–water partition coefficient (Wildman–Crippen LogP) is 5.62. The smallest absolute Gasteiger partial charge is 0.247 e. The first-order valence-electron chi connectivity index (χ1n) is 11.8. The molecule has 3 heterocycles. The highest BCUT2D eigenvalue weighted by molar-refractivity contribution is 7.89. The number of rotatable bonds is 5. The largest absolute Gasteiger partial charge is 0.340 e. The molecule has 0 saturated heterocycles. The van der Waals surface area contributed by atoms with Crippen LogP contribution < -0.4 is 0 Å². The molecule has 2 aromatic heterocycles. The summed E-state index contributed by atoms with van der Waals surface area (Å²) in [4.78, 5) is 0.288. The third-order valence-electron chi connectivity index (χ3n) is 7.14. The van der Waals surface area contributed by atoms with Crippen molar-refractivity contribution in [3.63, 3.8) is 0 Å². The zero-order valence-electron chi connectivity index (χ0n) is 20.7. The minimum Gasteiger partial charge on any atom is -0.340 e. The maximum atomic E-state index is 14.6. The van der Waals surface area contributed by atoms with Gasteiger partial charge in [-0.3, -0.25) is 4.68 Å². The Kier molecular flexibility index (Phi) is 6.31. The van der Waals surface area contributed by atoms with Crippen molar-refractivity contribution >= 4 is 38.1 Å². The molecule has 2 aromatic carbocycles. The number of sulfonamides is 1. The average molecular weight is 527 g/mol. The lowest BCUT2D eigenvalue weighted by Gasteiger charge is -2.26. The van der Waals surface area contributed by atoms with E-state index in [1.54, 1.807) is 37.7 Å². The van der Waals surface area contributed by atoms with E-state index in [9.17, 15) is 12.8 Å². The van der Waals surface area contributed by atoms with Crippen molar-refractivity contribution in [1.29, 1.82) is 0 Å². The molecule has 188 valence electrons. The first-order valence-corrected chi connectivity index (χ1v) is 13.6. The molecule has 0 bridgehead atoms. The Balaban J connectivity index is 1.53. The molecule has 0 saturated carbocycles. The summed E-state index contributed by atoms with van der Waals surface area (Å²) in [6.07, 6.45) is 2.57. The molecular formula is C27H28ClFN4O2S. The topological polar surface area (TPSA) is 60.1 Å². The van der Waals surface area contributed by atoms with Gasteiger partial charge in [0.15, 0.2) is 0 Å². The van der Waals surface area contributed by atoms with Crippen molar-refractivity contribution in [3.8, 4) is 0 Å². The molecular weight excluding hydrogens is 499 g/mol. The fraction of sp³-hybridized carbons (Fsp3) is 0.296. The van der Waals surface area contributed by atoms with Gasteiger partial charge in [-0.25, -0.2) is 12.8 Å². The molecule has 0 amide bonds. The molecule has 0 N–H and O–H groups in total. The van der Waals surface area contributed by atoms with Crippen molar-refractivity contribution in [2.75, 3.05) is 13.1 Å². The Bertz CT molecular complexity index is 1610. The SMILES string of the molecule is Cc1nn(C)c(C)c1S(=O)(=O)N1CC=C(c2c(C)n(Cc3c(F)cccc3Cl)c3ccccc23)CC1. The van der Waals surface area contributed by atoms with Gasteiger partial charge in [0.2, 0.25) is 10.0 Å². The summed E-state index contributed by atoms with van der Waals surface area (Å²) in [6, 6.07) is 12.8. The number of aromatic nitrogens is 3. The second kappa shape index (κ2) is 9.18. The van der Waals surface area contributed by atoms with Gasteiger partial charge < -0.3 is 4.57 Å². The molecule has 6 nitrogen and oxygen atoms in total. The maximum Gasteiger partial charge on any atom is 0.247 e. The summed E-state index contributed by atoms with van der Waals surface area (Å²) in [5, 5.41) is 5.74. The molecule has 0 atom stereocenters. The quantitative estimate of drug-likeness (QED) is 0.339. The number of halogens is 2. The highest BCUT2D eigenvalue weighted by atomic mass is 35.5. The van der Waals surface area contributed by atoms with E-state index >= 15 is 0 Å². The highest BCUT2D eigenvalue weighted by Crippen LogP contribution is 2.36. The first kappa shape index (κ1) is 24.7. The van der Waals surface area contributed by atoms with E-state index in [1.807, 2.05) is 31.2 Å². The van der Waals surface area contributed by atoms with Gasteiger partial charge in [-0.1, -0.05) is 41.9 Å². The predicted molar refractivity (Wildman–Crippen MR) is 141 cm³/mol. The lowest BCUT2D eigenvalue weighted by atomic mass is 9.97. The molecule has 0 fully saturated rings. The van der Waals surface area contributed by atoms with Crippen LogP contribution in [0.4, 0.5) is 4.39 Å². The number of para-hydroxylation sites is 1. The van der Waals surface area contributed by atoms with Crippen LogP contribution in [-0.2, 0) is 23.6 Å². The molecule has 1 aliphatic rings. The summed E-state index contributed by atoms with van der Waals surface area (Å²) in [6.45, 7) is 6.49. The monoisotopic (exact) mass is 526 g/mol. The Morgan fingerprint density at radius 3 is 2.44 bits per heavy atom. The highest BCUT2D eigenvalue weighted by Gasteiger charge is 2.32. The van der Waals surface area contributed by atoms with Crippen LogP contribution in [0, 0.1) is 26.6 Å². The van der Waals surface area contributed by atoms with E-state index in [1.165, 1.54) is 10.4 Å². The van der Waals surface area contributed by atoms with Gasteiger partial charge in [0.1, 0.15) is 10.7 Å². The summed E-state index contributed by atoms with van der Waals surface area (Å²) in [5.74, 6) is -0.333. The minimum atomic E-state index is -3.66. The van der Waals surface area contributed by atoms with E-state index < -0.39 is 10.0 Å². The van der Waals surface area contributed by atoms with Crippen molar-refractivity contribution in [3.05, 3.63) is 87.6 Å². The van der Waals surface area contributed by atoms with Gasteiger partial charge >= 0.3 is 0 Å². The van der Waals surface area contributed by atoms with E-state index in [4.69, 9.17) is 11.6 Å². The Morgan fingerprint density at radius 1 is 1.06 bits per heavy atom. The van der Waals surface area contributed by atoms with Crippen LogP contribution in [0.3, 0.4) is 0 Å². The second-order valence-electron chi connectivity index (χ2n) is 9.23. The molecule has 0 radical (unpaired) electrons. The molecule has 0 spiro atoms. The first-order chi connectivity index (χ1) is 17.1. The fourth-order valence-corrected chi connectivity index (χ4v) is 7.24. The van der Waals surface area contributed by atoms with Gasteiger partial charge in [0.25, 0.3) is 0 Å². The zero-order chi connectivity index (χ0) is 25.8. The lowest BCUT2D eigenvalue weighted by Crippen LogP contribution is -2.35. The molecule has 4 aromatic rings. The molecule has 9 heteroatoms. The molecule has 1 aliphatic heterocycles. The van der Waals surface area contributed by atoms with Crippen LogP contribution in [0.1, 0.15) is 34.6 Å². The van der Waals surface area contributed by atoms with E-state index in [0.29, 0.717) is 41.5 Å². The standard InChI is InChI=1S/C27H28ClFN4O2S/c1-17-27(19(3)31(4)30-17)36(34,35)32-14-12-20(13-15-32)26-18(2)33(25-11-6-5-8-21(25)26)16-22-23(28)9-7-10-24(22)29/h5-12H,13-16H2,1-4H3. The van der Waals surface area contributed by atoms with Crippen molar-refractivity contribution < 1.29 is 12.8 Å². The van der Waals surface area contributed by atoms with Gasteiger partial charge in [-0.15, -0.1) is 0 Å². The fourth-order valence-electron chi connectivity index (χ4n) is 5.23. The molecule has 0 unspecified atom stereocenters. The Hall–Kier alpha value is -2.94. The van der Waals surface area contributed by atoms with Crippen molar-refractivity contribution in [1.82, 2.24) is 18.7 Å². The Labute approximate surface area is 215 Å². The summed E-state index contributed by atoms with van der Waals surface area (Å²) < 4.78 is 46.7. The van der Waals surface area contributed by atoms with Crippen LogP contribution in [-0.4, -0.2) is 40.2 Å². The summed E-state index contributed by atoms with van der Waals surface area (Å²) in [7, 11) is -1.91. The normalized spacial score (nSPS) is 15.0. The van der Waals surface area contributed by atoms with Crippen LogP contribution in [0.25, 0.3) is 16.5 Å². The van der Waals surface area contributed by atoms with E-state index in [0.717, 1.165) is 27.7 Å².